The van der Waals surface area contributed by atoms with E-state index >= 15 is 0 Å². The van der Waals surface area contributed by atoms with Crippen molar-refractivity contribution < 1.29 is 27.1 Å². The number of nitrogens with one attached hydrogen (secondary N) is 1. The second-order valence-electron chi connectivity index (χ2n) is 6.26. The number of carboxylic acid groups (broad SMARTS) is 1. The summed E-state index contributed by atoms with van der Waals surface area (Å²) in [6.07, 6.45) is -0.946. The molecule has 0 aromatic heterocycles. The number of hydrogen-bond acceptors (Lipinski definition) is 3. The van der Waals surface area contributed by atoms with Crippen molar-refractivity contribution in [3.63, 3.8) is 0 Å². The Bertz CT molecular complexity index is 496. The third-order valence-electron chi connectivity index (χ3n) is 3.81. The second-order valence-corrected chi connectivity index (χ2v) is 8.07. The van der Waals surface area contributed by atoms with E-state index in [9.17, 15) is 22.0 Å². The van der Waals surface area contributed by atoms with E-state index in [-0.39, 0.29) is 31.7 Å². The fraction of sp³-hybridized carbons (Fsp3) is 0.923. The summed E-state index contributed by atoms with van der Waals surface area (Å²) in [7, 11) is -2.69. The molecule has 1 fully saturated rings. The van der Waals surface area contributed by atoms with E-state index < -0.39 is 40.5 Å². The second kappa shape index (κ2) is 7.18. The van der Waals surface area contributed by atoms with Gasteiger partial charge in [0, 0.05) is 20.0 Å². The van der Waals surface area contributed by atoms with Gasteiger partial charge in [0.05, 0.1) is 12.0 Å². The van der Waals surface area contributed by atoms with Gasteiger partial charge in [0.2, 0.25) is 0 Å². The van der Waals surface area contributed by atoms with Crippen LogP contribution in [0.15, 0.2) is 0 Å². The van der Waals surface area contributed by atoms with Crippen LogP contribution in [0.3, 0.4) is 0 Å². The number of carbonyl (C=O) groups is 1. The van der Waals surface area contributed by atoms with Crippen molar-refractivity contribution in [1.82, 2.24) is 9.03 Å². The molecule has 9 heteroatoms. The summed E-state index contributed by atoms with van der Waals surface area (Å²) in [5, 5.41) is 8.95. The number of rotatable bonds is 6. The van der Waals surface area contributed by atoms with Crippen LogP contribution in [0.5, 0.6) is 0 Å². The zero-order chi connectivity index (χ0) is 17.1. The monoisotopic (exact) mass is 342 g/mol. The molecule has 0 aliphatic heterocycles. The lowest BCUT2D eigenvalue weighted by atomic mass is 10.0. The molecule has 0 unspecified atom stereocenters. The van der Waals surface area contributed by atoms with E-state index in [2.05, 4.69) is 0 Å². The van der Waals surface area contributed by atoms with E-state index in [1.165, 1.54) is 7.05 Å². The summed E-state index contributed by atoms with van der Waals surface area (Å²) >= 11 is 0. The van der Waals surface area contributed by atoms with Crippen LogP contribution in [0.4, 0.5) is 8.78 Å². The van der Waals surface area contributed by atoms with Crippen LogP contribution in [-0.2, 0) is 15.0 Å². The molecule has 0 amide bonds. The Morgan fingerprint density at radius 1 is 1.36 bits per heavy atom. The molecule has 0 bridgehead atoms. The minimum atomic E-state index is -4.02. The van der Waals surface area contributed by atoms with Gasteiger partial charge < -0.3 is 5.11 Å². The van der Waals surface area contributed by atoms with E-state index in [0.717, 1.165) is 4.31 Å². The number of hydrogen-bond donors (Lipinski definition) is 2. The largest absolute Gasteiger partial charge is 0.481 e. The van der Waals surface area contributed by atoms with Gasteiger partial charge in [-0.05, 0) is 25.2 Å². The van der Waals surface area contributed by atoms with Gasteiger partial charge in [-0.1, -0.05) is 13.8 Å². The van der Waals surface area contributed by atoms with Crippen LogP contribution in [0.25, 0.3) is 0 Å². The van der Waals surface area contributed by atoms with Crippen LogP contribution in [0, 0.1) is 11.8 Å². The lowest BCUT2D eigenvalue weighted by molar-refractivity contribution is -0.142. The third kappa shape index (κ3) is 5.13. The summed E-state index contributed by atoms with van der Waals surface area (Å²) in [4.78, 5) is 10.9. The third-order valence-corrected chi connectivity index (χ3v) is 5.36. The lowest BCUT2D eigenvalue weighted by Crippen LogP contribution is -2.51. The van der Waals surface area contributed by atoms with Gasteiger partial charge in [0.1, 0.15) is 0 Å². The Hall–Kier alpha value is -0.800. The molecule has 1 rings (SSSR count). The molecule has 2 atom stereocenters. The van der Waals surface area contributed by atoms with Gasteiger partial charge in [0.15, 0.2) is 0 Å². The molecule has 0 spiro atoms. The highest BCUT2D eigenvalue weighted by molar-refractivity contribution is 7.87. The summed E-state index contributed by atoms with van der Waals surface area (Å²) in [6, 6.07) is -1.57. The minimum absolute atomic E-state index is 0.0337. The fourth-order valence-corrected chi connectivity index (χ4v) is 3.86. The van der Waals surface area contributed by atoms with Gasteiger partial charge in [-0.3, -0.25) is 4.79 Å². The van der Waals surface area contributed by atoms with Gasteiger partial charge >= 0.3 is 5.97 Å². The molecule has 0 heterocycles. The fourth-order valence-electron chi connectivity index (χ4n) is 2.54. The number of halogens is 2. The summed E-state index contributed by atoms with van der Waals surface area (Å²) in [5.74, 6) is -5.16. The average Bonchev–Trinajstić information content (AvgIpc) is 2.48. The number of carboxylic acids is 1. The Labute approximate surface area is 130 Å². The molecule has 0 aromatic carbocycles. The Balaban J connectivity index is 2.83. The highest BCUT2D eigenvalue weighted by atomic mass is 32.2. The van der Waals surface area contributed by atoms with Gasteiger partial charge in [-0.2, -0.15) is 17.4 Å². The van der Waals surface area contributed by atoms with Crippen molar-refractivity contribution in [1.29, 1.82) is 0 Å². The van der Waals surface area contributed by atoms with Crippen molar-refractivity contribution >= 4 is 16.2 Å². The SMILES string of the molecule is CC(C)CN(C)S(=O)(=O)N[C@@H]1CC[C@@H](C(=O)O)CCC1(F)F. The van der Waals surface area contributed by atoms with Crippen molar-refractivity contribution in [3.05, 3.63) is 0 Å². The van der Waals surface area contributed by atoms with E-state index in [1.807, 2.05) is 18.6 Å². The highest BCUT2D eigenvalue weighted by Crippen LogP contribution is 2.35. The molecule has 0 radical (unpaired) electrons. The van der Waals surface area contributed by atoms with E-state index in [4.69, 9.17) is 5.11 Å². The maximum atomic E-state index is 14.1. The van der Waals surface area contributed by atoms with Crippen molar-refractivity contribution in [2.45, 2.75) is 51.5 Å². The molecule has 1 aliphatic rings. The quantitative estimate of drug-likeness (QED) is 0.719. The first-order valence-corrected chi connectivity index (χ1v) is 8.74. The minimum Gasteiger partial charge on any atom is -0.481 e. The van der Waals surface area contributed by atoms with Crippen LogP contribution in [0.2, 0.25) is 0 Å². The van der Waals surface area contributed by atoms with Crippen molar-refractivity contribution in [2.24, 2.45) is 11.8 Å². The predicted molar refractivity (Wildman–Crippen MR) is 77.9 cm³/mol. The molecule has 1 aliphatic carbocycles. The van der Waals surface area contributed by atoms with Crippen LogP contribution in [-0.4, -0.2) is 49.4 Å². The average molecular weight is 342 g/mol. The smallest absolute Gasteiger partial charge is 0.306 e. The number of aliphatic carboxylic acids is 1. The molecule has 6 nitrogen and oxygen atoms in total. The Morgan fingerprint density at radius 3 is 2.45 bits per heavy atom. The molecule has 22 heavy (non-hydrogen) atoms. The molecule has 1 saturated carbocycles. The number of nitrogens with zero attached hydrogens (tertiary/aromatic N) is 1. The topological polar surface area (TPSA) is 86.7 Å². The molecule has 0 saturated heterocycles. The first kappa shape index (κ1) is 19.2. The van der Waals surface area contributed by atoms with Gasteiger partial charge in [0.25, 0.3) is 16.1 Å². The lowest BCUT2D eigenvalue weighted by Gasteiger charge is -2.28. The first-order valence-electron chi connectivity index (χ1n) is 7.30. The van der Waals surface area contributed by atoms with E-state index in [1.54, 1.807) is 0 Å². The Kier molecular flexibility index (Phi) is 6.28. The predicted octanol–water partition coefficient (Wildman–Crippen LogP) is 1.69. The molecule has 2 N–H and O–H groups in total. The number of alkyl halides is 2. The maximum absolute atomic E-state index is 14.1. The zero-order valence-electron chi connectivity index (χ0n) is 13.1. The summed E-state index contributed by atoms with van der Waals surface area (Å²) < 4.78 is 55.4. The van der Waals surface area contributed by atoms with Gasteiger partial charge in [-0.25, -0.2) is 8.78 Å². The molecule has 130 valence electrons. The Morgan fingerprint density at radius 2 is 1.95 bits per heavy atom. The van der Waals surface area contributed by atoms with Gasteiger partial charge in [-0.15, -0.1) is 0 Å². The molecular formula is C13H24F2N2O4S. The highest BCUT2D eigenvalue weighted by Gasteiger charge is 2.45. The van der Waals surface area contributed by atoms with Crippen molar-refractivity contribution in [2.75, 3.05) is 13.6 Å². The van der Waals surface area contributed by atoms with E-state index in [0.29, 0.717) is 0 Å². The molecular weight excluding hydrogens is 318 g/mol. The summed E-state index contributed by atoms with van der Waals surface area (Å²) in [5.41, 5.74) is 0. The van der Waals surface area contributed by atoms with Crippen LogP contribution >= 0.6 is 0 Å². The van der Waals surface area contributed by atoms with Crippen LogP contribution < -0.4 is 4.72 Å². The molecule has 0 aromatic rings. The standard InChI is InChI=1S/C13H24F2N2O4S/c1-9(2)8-17(3)22(20,21)16-11-5-4-10(12(18)19)6-7-13(11,14)15/h9-11,16H,4-8H2,1-3H3,(H,18,19)/t10-,11-/m1/s1. The first-order chi connectivity index (χ1) is 9.95. The normalized spacial score (nSPS) is 26.1. The maximum Gasteiger partial charge on any atom is 0.306 e. The summed E-state index contributed by atoms with van der Waals surface area (Å²) in [6.45, 7) is 3.86. The zero-order valence-corrected chi connectivity index (χ0v) is 13.9. The van der Waals surface area contributed by atoms with Crippen molar-refractivity contribution in [3.8, 4) is 0 Å². The van der Waals surface area contributed by atoms with Crippen LogP contribution in [0.1, 0.15) is 39.5 Å².